The van der Waals surface area contributed by atoms with Gasteiger partial charge in [-0.15, -0.1) is 0 Å². The molecule has 0 aromatic heterocycles. The van der Waals surface area contributed by atoms with Crippen molar-refractivity contribution >= 4 is 23.3 Å². The number of nitrogens with zero attached hydrogens (tertiary/aromatic N) is 2. The summed E-state index contributed by atoms with van der Waals surface area (Å²) in [5.41, 5.74) is 0.888. The van der Waals surface area contributed by atoms with Crippen molar-refractivity contribution in [3.8, 4) is 0 Å². The van der Waals surface area contributed by atoms with Crippen LogP contribution in [0.15, 0.2) is 24.3 Å². The van der Waals surface area contributed by atoms with Crippen LogP contribution in [0.4, 0.5) is 5.69 Å². The van der Waals surface area contributed by atoms with Gasteiger partial charge in [-0.1, -0.05) is 26.0 Å². The van der Waals surface area contributed by atoms with Crippen LogP contribution >= 0.6 is 0 Å². The number of carbonyl (C=O) groups excluding carboxylic acids is 3. The molecule has 2 unspecified atom stereocenters. The van der Waals surface area contributed by atoms with Gasteiger partial charge in [0.1, 0.15) is 0 Å². The number of anilines is 1. The van der Waals surface area contributed by atoms with Crippen molar-refractivity contribution in [2.24, 2.45) is 0 Å². The molecule has 6 heteroatoms. The Morgan fingerprint density at radius 2 is 1.78 bits per heavy atom. The third-order valence-electron chi connectivity index (χ3n) is 3.82. The number of rotatable bonds is 3. The smallest absolute Gasteiger partial charge is 0.265 e. The number of hydrogen-bond donors (Lipinski definition) is 1. The van der Waals surface area contributed by atoms with E-state index in [2.05, 4.69) is 5.32 Å². The minimum Gasteiger partial charge on any atom is -0.317 e. The van der Waals surface area contributed by atoms with Crippen molar-refractivity contribution < 1.29 is 14.4 Å². The molecule has 0 aliphatic carbocycles. The molecule has 1 N–H and O–H groups in total. The highest BCUT2D eigenvalue weighted by Gasteiger charge is 2.39. The lowest BCUT2D eigenvalue weighted by Gasteiger charge is -2.31. The van der Waals surface area contributed by atoms with E-state index in [0.29, 0.717) is 11.3 Å². The summed E-state index contributed by atoms with van der Waals surface area (Å²) in [7, 11) is 3.18. The fourth-order valence-corrected chi connectivity index (χ4v) is 2.49. The molecule has 0 fully saturated rings. The second kappa shape index (κ2) is 7.87. The Hall–Kier alpha value is -2.21. The van der Waals surface area contributed by atoms with Gasteiger partial charge in [-0.2, -0.15) is 0 Å². The molecular weight excluding hydrogens is 294 g/mol. The van der Waals surface area contributed by atoms with E-state index in [1.165, 1.54) is 16.7 Å². The van der Waals surface area contributed by atoms with Crippen molar-refractivity contribution in [2.75, 3.05) is 19.0 Å². The number of Topliss-reactive ketones (excluding diaryl/α,β-unsaturated/α-hetero) is 1. The number of hydrogen-bond acceptors (Lipinski definition) is 4. The minimum absolute atomic E-state index is 0.134. The number of fused-ring (bicyclic) bond motifs is 1. The summed E-state index contributed by atoms with van der Waals surface area (Å²) >= 11 is 0. The first-order chi connectivity index (χ1) is 10.9. The molecule has 2 amide bonds. The summed E-state index contributed by atoms with van der Waals surface area (Å²) in [4.78, 5) is 39.8. The molecule has 0 saturated carbocycles. The number of amides is 2. The molecule has 1 aromatic carbocycles. The number of likely N-dealkylation sites (N-methyl/N-ethyl adjacent to an activating group) is 2. The standard InChI is InChI=1S/C15H19N3O3.C2H6/c1-9(10(2)19)18-12-8-6-5-7-11(12)14(20)17(4)13(16-3)15(18)21;1-2/h5-9,13,16H,1-4H3;1-2H3. The maximum absolute atomic E-state index is 12.8. The Kier molecular flexibility index (Phi) is 6.45. The summed E-state index contributed by atoms with van der Waals surface area (Å²) in [6.07, 6.45) is -0.799. The normalized spacial score (nSPS) is 18.6. The van der Waals surface area contributed by atoms with Crippen molar-refractivity contribution in [2.45, 2.75) is 39.9 Å². The van der Waals surface area contributed by atoms with Crippen molar-refractivity contribution in [3.05, 3.63) is 29.8 Å². The largest absolute Gasteiger partial charge is 0.317 e. The fraction of sp³-hybridized carbons (Fsp3) is 0.471. The zero-order valence-corrected chi connectivity index (χ0v) is 14.6. The predicted molar refractivity (Wildman–Crippen MR) is 90.4 cm³/mol. The lowest BCUT2D eigenvalue weighted by molar-refractivity contribution is -0.126. The minimum atomic E-state index is -0.799. The molecule has 1 aromatic rings. The van der Waals surface area contributed by atoms with Gasteiger partial charge in [0.05, 0.1) is 17.3 Å². The van der Waals surface area contributed by atoms with Gasteiger partial charge in [0.25, 0.3) is 11.8 Å². The third kappa shape index (κ3) is 3.42. The van der Waals surface area contributed by atoms with E-state index in [4.69, 9.17) is 0 Å². The molecule has 1 aliphatic rings. The lowest BCUT2D eigenvalue weighted by atomic mass is 10.1. The fourth-order valence-electron chi connectivity index (χ4n) is 2.49. The molecule has 0 bridgehead atoms. The molecule has 0 saturated heterocycles. The quantitative estimate of drug-likeness (QED) is 0.920. The van der Waals surface area contributed by atoms with E-state index >= 15 is 0 Å². The maximum Gasteiger partial charge on any atom is 0.265 e. The van der Waals surface area contributed by atoms with Crippen LogP contribution in [0.2, 0.25) is 0 Å². The summed E-state index contributed by atoms with van der Waals surface area (Å²) in [6.45, 7) is 7.10. The first-order valence-electron chi connectivity index (χ1n) is 7.77. The van der Waals surface area contributed by atoms with Gasteiger partial charge in [-0.3, -0.25) is 24.6 Å². The van der Waals surface area contributed by atoms with Crippen LogP contribution in [-0.2, 0) is 9.59 Å². The first kappa shape index (κ1) is 18.8. The molecule has 1 heterocycles. The van der Waals surface area contributed by atoms with Crippen LogP contribution in [0.5, 0.6) is 0 Å². The highest BCUT2D eigenvalue weighted by atomic mass is 16.2. The second-order valence-electron chi connectivity index (χ2n) is 5.12. The lowest BCUT2D eigenvalue weighted by Crippen LogP contribution is -2.56. The van der Waals surface area contributed by atoms with E-state index < -0.39 is 12.2 Å². The predicted octanol–water partition coefficient (Wildman–Crippen LogP) is 1.65. The van der Waals surface area contributed by atoms with Crippen LogP contribution < -0.4 is 10.2 Å². The number of carbonyl (C=O) groups is 3. The Labute approximate surface area is 137 Å². The summed E-state index contributed by atoms with van der Waals surface area (Å²) in [5.74, 6) is -0.706. The van der Waals surface area contributed by atoms with Crippen LogP contribution in [-0.4, -0.2) is 48.8 Å². The summed E-state index contributed by atoms with van der Waals surface area (Å²) in [5, 5.41) is 2.84. The van der Waals surface area contributed by atoms with Crippen molar-refractivity contribution in [1.29, 1.82) is 0 Å². The number of nitrogens with one attached hydrogen (secondary N) is 1. The van der Waals surface area contributed by atoms with Gasteiger partial charge in [0, 0.05) is 7.05 Å². The van der Waals surface area contributed by atoms with Gasteiger partial charge in [-0.05, 0) is 33.0 Å². The zero-order chi connectivity index (χ0) is 17.7. The van der Waals surface area contributed by atoms with Crippen LogP contribution in [0.25, 0.3) is 0 Å². The SMILES string of the molecule is CC.CNC1C(=O)N(C(C)C(C)=O)c2ccccc2C(=O)N1C. The van der Waals surface area contributed by atoms with Crippen LogP contribution in [0, 0.1) is 0 Å². The van der Waals surface area contributed by atoms with Gasteiger partial charge in [-0.25, -0.2) is 0 Å². The molecule has 2 atom stereocenters. The third-order valence-corrected chi connectivity index (χ3v) is 3.82. The van der Waals surface area contributed by atoms with E-state index in [9.17, 15) is 14.4 Å². The Morgan fingerprint density at radius 1 is 1.22 bits per heavy atom. The van der Waals surface area contributed by atoms with Gasteiger partial charge in [0.2, 0.25) is 0 Å². The summed E-state index contributed by atoms with van der Waals surface area (Å²) in [6, 6.07) is 6.22. The highest BCUT2D eigenvalue weighted by molar-refractivity contribution is 6.12. The van der Waals surface area contributed by atoms with Gasteiger partial charge >= 0.3 is 0 Å². The Morgan fingerprint density at radius 3 is 2.30 bits per heavy atom. The Balaban J connectivity index is 0.00000127. The second-order valence-corrected chi connectivity index (χ2v) is 5.12. The van der Waals surface area contributed by atoms with E-state index in [0.717, 1.165) is 0 Å². The van der Waals surface area contributed by atoms with Gasteiger partial charge in [0.15, 0.2) is 11.9 Å². The van der Waals surface area contributed by atoms with Crippen LogP contribution in [0.1, 0.15) is 38.1 Å². The molecule has 126 valence electrons. The topological polar surface area (TPSA) is 69.7 Å². The van der Waals surface area contributed by atoms with Gasteiger partial charge < -0.3 is 4.90 Å². The summed E-state index contributed by atoms with van der Waals surface area (Å²) < 4.78 is 0. The van der Waals surface area contributed by atoms with Crippen LogP contribution in [0.3, 0.4) is 0 Å². The van der Waals surface area contributed by atoms with E-state index in [1.807, 2.05) is 13.8 Å². The highest BCUT2D eigenvalue weighted by Crippen LogP contribution is 2.28. The molecule has 6 nitrogen and oxygen atoms in total. The average molecular weight is 319 g/mol. The Bertz CT molecular complexity index is 601. The molecular formula is C17H25N3O3. The number of benzene rings is 1. The van der Waals surface area contributed by atoms with E-state index in [1.54, 1.807) is 45.3 Å². The molecule has 0 spiro atoms. The zero-order valence-electron chi connectivity index (χ0n) is 14.6. The number of ketones is 1. The monoisotopic (exact) mass is 319 g/mol. The first-order valence-corrected chi connectivity index (χ1v) is 7.77. The molecule has 1 aliphatic heterocycles. The van der Waals surface area contributed by atoms with Crippen molar-refractivity contribution in [1.82, 2.24) is 10.2 Å². The maximum atomic E-state index is 12.8. The van der Waals surface area contributed by atoms with E-state index in [-0.39, 0.29) is 17.6 Å². The molecule has 0 radical (unpaired) electrons. The average Bonchev–Trinajstić information content (AvgIpc) is 2.63. The van der Waals surface area contributed by atoms with Crippen molar-refractivity contribution in [3.63, 3.8) is 0 Å². The number of para-hydroxylation sites is 1. The molecule has 23 heavy (non-hydrogen) atoms. The molecule has 2 rings (SSSR count).